The van der Waals surface area contributed by atoms with Crippen LogP contribution in [0.3, 0.4) is 0 Å². The lowest BCUT2D eigenvalue weighted by Gasteiger charge is -2.38. The number of aliphatic hydroxyl groups excluding tert-OH is 1. The van der Waals surface area contributed by atoms with Gasteiger partial charge in [-0.25, -0.2) is 0 Å². The molecule has 0 aromatic heterocycles. The van der Waals surface area contributed by atoms with Crippen LogP contribution in [-0.4, -0.2) is 69.6 Å². The number of carbonyl (C=O) groups excluding carboxylic acids is 3. The molecule has 2 unspecified atom stereocenters. The summed E-state index contributed by atoms with van der Waals surface area (Å²) in [5, 5.41) is 16.4. The molecule has 10 heteroatoms. The monoisotopic (exact) mass is 581 g/mol. The second-order valence-electron chi connectivity index (χ2n) is 11.6. The smallest absolute Gasteiger partial charge is 0.248 e. The van der Waals surface area contributed by atoms with Gasteiger partial charge in [0.25, 0.3) is 0 Å². The van der Waals surface area contributed by atoms with Gasteiger partial charge in [-0.15, -0.1) is 11.8 Å². The lowest BCUT2D eigenvalue weighted by molar-refractivity contribution is -0.142. The summed E-state index contributed by atoms with van der Waals surface area (Å²) in [4.78, 5) is 44.0. The fourth-order valence-corrected chi connectivity index (χ4v) is 9.29. The minimum atomic E-state index is -0.836. The van der Waals surface area contributed by atoms with E-state index in [4.69, 9.17) is 9.47 Å². The highest BCUT2D eigenvalue weighted by Crippen LogP contribution is 2.71. The molecule has 2 bridgehead atoms. The molecule has 3 aliphatic rings. The highest BCUT2D eigenvalue weighted by atomic mass is 32.2. The minimum Gasteiger partial charge on any atom is -0.497 e. The second-order valence-corrected chi connectivity index (χ2v) is 13.5. The Labute approximate surface area is 245 Å². The van der Waals surface area contributed by atoms with Gasteiger partial charge in [-0.3, -0.25) is 14.4 Å². The molecule has 9 nitrogen and oxygen atoms in total. The van der Waals surface area contributed by atoms with E-state index in [1.807, 2.05) is 27.7 Å². The first-order valence-corrected chi connectivity index (χ1v) is 15.0. The number of fused-ring (bicyclic) bond motifs is 1. The maximum absolute atomic E-state index is 14.4. The van der Waals surface area contributed by atoms with Gasteiger partial charge in [0.05, 0.1) is 42.9 Å². The molecule has 1 spiro atoms. The van der Waals surface area contributed by atoms with Crippen LogP contribution in [0, 0.1) is 17.8 Å². The van der Waals surface area contributed by atoms with Gasteiger partial charge < -0.3 is 30.1 Å². The maximum atomic E-state index is 14.4. The number of amides is 3. The Hall–Kier alpha value is -3.24. The molecule has 6 atom stereocenters. The number of nitrogens with one attached hydrogen (secondary N) is 2. The van der Waals surface area contributed by atoms with Crippen LogP contribution in [0.2, 0.25) is 0 Å². The van der Waals surface area contributed by atoms with Gasteiger partial charge in [0.1, 0.15) is 17.5 Å². The van der Waals surface area contributed by atoms with E-state index in [9.17, 15) is 19.5 Å². The summed E-state index contributed by atoms with van der Waals surface area (Å²) in [6, 6.07) is 12.8. The molecule has 3 N–H and O–H groups in total. The van der Waals surface area contributed by atoms with Crippen molar-refractivity contribution in [1.82, 2.24) is 4.90 Å². The molecule has 3 fully saturated rings. The third-order valence-electron chi connectivity index (χ3n) is 8.85. The number of carbonyl (C=O) groups is 3. The number of hydrogen-bond donors (Lipinski definition) is 3. The quantitative estimate of drug-likeness (QED) is 0.386. The molecular weight excluding hydrogens is 542 g/mol. The molecule has 3 aliphatic heterocycles. The first kappa shape index (κ1) is 29.3. The van der Waals surface area contributed by atoms with Crippen molar-refractivity contribution in [2.24, 2.45) is 17.8 Å². The number of nitrogens with zero attached hydrogens (tertiary/aromatic N) is 1. The topological polar surface area (TPSA) is 117 Å². The zero-order chi connectivity index (χ0) is 29.5. The van der Waals surface area contributed by atoms with Gasteiger partial charge >= 0.3 is 0 Å². The van der Waals surface area contributed by atoms with Crippen LogP contribution in [0.5, 0.6) is 11.5 Å². The van der Waals surface area contributed by atoms with Crippen molar-refractivity contribution in [1.29, 1.82) is 0 Å². The number of likely N-dealkylation sites (tertiary alicyclic amines) is 1. The summed E-state index contributed by atoms with van der Waals surface area (Å²) in [7, 11) is 1.58. The summed E-state index contributed by atoms with van der Waals surface area (Å²) in [5.41, 5.74) is 1.21. The van der Waals surface area contributed by atoms with Crippen LogP contribution in [-0.2, 0) is 14.4 Å². The van der Waals surface area contributed by atoms with E-state index in [0.29, 0.717) is 42.3 Å². The standard InChI is InChI=1S/C31H39N3O6S/c1-6-40-22-13-9-19(10-14-22)32-27(36)24-25-29(38)34(23(17-35)18(2)3)26(31(25)16-15-30(24,4)41-31)28(37)33-20-7-11-21(39-5)12-8-20/h7-14,18,23-26,35H,6,15-17H2,1-5H3,(H,32,36)(H,33,37)/t23-,24+,25-,26?,30-,31?/m0/s1. The number of methoxy groups -OCH3 is 1. The van der Waals surface area contributed by atoms with Crippen LogP contribution < -0.4 is 20.1 Å². The summed E-state index contributed by atoms with van der Waals surface area (Å²) < 4.78 is 9.46. The fraction of sp³-hybridized carbons (Fsp3) is 0.516. The number of anilines is 2. The van der Waals surface area contributed by atoms with Gasteiger partial charge in [0.2, 0.25) is 17.7 Å². The Morgan fingerprint density at radius 2 is 1.61 bits per heavy atom. The number of thioether (sulfide) groups is 1. The summed E-state index contributed by atoms with van der Waals surface area (Å²) >= 11 is 1.60. The molecule has 2 aromatic carbocycles. The predicted octanol–water partition coefficient (Wildman–Crippen LogP) is 4.17. The second kappa shape index (κ2) is 11.2. The molecule has 0 radical (unpaired) electrons. The fourth-order valence-electron chi connectivity index (χ4n) is 6.95. The van der Waals surface area contributed by atoms with Crippen LogP contribution >= 0.6 is 11.8 Å². The Morgan fingerprint density at radius 3 is 2.15 bits per heavy atom. The zero-order valence-corrected chi connectivity index (χ0v) is 25.0. The SMILES string of the molecule is CCOc1ccc(NC(=O)[C@H]2[C@H]3C(=O)N([C@@H](CO)C(C)C)C(C(=O)Nc4ccc(OC)cc4)C34CC[C@]2(C)S4)cc1. The van der Waals surface area contributed by atoms with Crippen molar-refractivity contribution in [3.05, 3.63) is 48.5 Å². The number of rotatable bonds is 10. The van der Waals surface area contributed by atoms with Gasteiger partial charge in [-0.2, -0.15) is 0 Å². The Balaban J connectivity index is 1.49. The molecule has 41 heavy (non-hydrogen) atoms. The predicted molar refractivity (Wildman–Crippen MR) is 159 cm³/mol. The van der Waals surface area contributed by atoms with Gasteiger partial charge in [-0.1, -0.05) is 13.8 Å². The average molecular weight is 582 g/mol. The van der Waals surface area contributed by atoms with Crippen LogP contribution in [0.1, 0.15) is 40.5 Å². The van der Waals surface area contributed by atoms with E-state index in [0.717, 1.165) is 0 Å². The van der Waals surface area contributed by atoms with Crippen molar-refractivity contribution in [3.8, 4) is 11.5 Å². The Kier molecular flexibility index (Phi) is 8.00. The normalized spacial score (nSPS) is 28.9. The molecular formula is C31H39N3O6S. The molecule has 5 rings (SSSR count). The van der Waals surface area contributed by atoms with Crippen molar-refractivity contribution >= 4 is 40.9 Å². The molecule has 0 saturated carbocycles. The first-order valence-electron chi connectivity index (χ1n) is 14.2. The van der Waals surface area contributed by atoms with E-state index in [2.05, 4.69) is 10.6 Å². The average Bonchev–Trinajstić information content (AvgIpc) is 3.51. The third-order valence-corrected chi connectivity index (χ3v) is 10.8. The van der Waals surface area contributed by atoms with Crippen LogP contribution in [0.25, 0.3) is 0 Å². The summed E-state index contributed by atoms with van der Waals surface area (Å²) in [5.74, 6) is -0.817. The molecule has 3 saturated heterocycles. The largest absolute Gasteiger partial charge is 0.497 e. The van der Waals surface area contributed by atoms with E-state index in [1.54, 1.807) is 72.3 Å². The molecule has 2 aromatic rings. The van der Waals surface area contributed by atoms with Gasteiger partial charge in [-0.05, 0) is 81.1 Å². The van der Waals surface area contributed by atoms with E-state index in [1.165, 1.54) is 0 Å². The van der Waals surface area contributed by atoms with Crippen molar-refractivity contribution < 1.29 is 29.0 Å². The first-order chi connectivity index (χ1) is 19.6. The molecule has 3 heterocycles. The number of ether oxygens (including phenoxy) is 2. The number of benzene rings is 2. The lowest BCUT2D eigenvalue weighted by Crippen LogP contribution is -2.56. The van der Waals surface area contributed by atoms with E-state index < -0.39 is 33.4 Å². The highest BCUT2D eigenvalue weighted by Gasteiger charge is 2.77. The third kappa shape index (κ3) is 4.95. The summed E-state index contributed by atoms with van der Waals surface area (Å²) in [6.07, 6.45) is 1.33. The summed E-state index contributed by atoms with van der Waals surface area (Å²) in [6.45, 7) is 8.08. The molecule has 0 aliphatic carbocycles. The number of aliphatic hydroxyl groups is 1. The maximum Gasteiger partial charge on any atom is 0.248 e. The zero-order valence-electron chi connectivity index (χ0n) is 24.2. The van der Waals surface area contributed by atoms with Crippen LogP contribution in [0.15, 0.2) is 48.5 Å². The lowest BCUT2D eigenvalue weighted by atomic mass is 9.66. The molecule has 3 amide bonds. The highest BCUT2D eigenvalue weighted by molar-refractivity contribution is 8.02. The van der Waals surface area contributed by atoms with E-state index >= 15 is 0 Å². The molecule has 220 valence electrons. The number of hydrogen-bond acceptors (Lipinski definition) is 7. The van der Waals surface area contributed by atoms with Crippen LogP contribution in [0.4, 0.5) is 11.4 Å². The minimum absolute atomic E-state index is 0.0932. The van der Waals surface area contributed by atoms with Gasteiger partial charge in [0.15, 0.2) is 0 Å². The van der Waals surface area contributed by atoms with Gasteiger partial charge in [0, 0.05) is 16.1 Å². The Morgan fingerprint density at radius 1 is 1.02 bits per heavy atom. The van der Waals surface area contributed by atoms with Crippen molar-refractivity contribution in [2.45, 2.75) is 62.1 Å². The van der Waals surface area contributed by atoms with Crippen molar-refractivity contribution in [3.63, 3.8) is 0 Å². The van der Waals surface area contributed by atoms with E-state index in [-0.39, 0.29) is 30.2 Å². The van der Waals surface area contributed by atoms with Crippen molar-refractivity contribution in [2.75, 3.05) is 31.0 Å². The Bertz CT molecular complexity index is 1300.